The van der Waals surface area contributed by atoms with Crippen molar-refractivity contribution in [2.24, 2.45) is 0 Å². The molecule has 0 saturated heterocycles. The number of carbonyl (C=O) groups excluding carboxylic acids is 1. The van der Waals surface area contributed by atoms with E-state index in [1.165, 1.54) is 4.68 Å². The molecule has 126 valence electrons. The summed E-state index contributed by atoms with van der Waals surface area (Å²) in [5.74, 6) is -0.223. The van der Waals surface area contributed by atoms with Crippen molar-refractivity contribution in [2.45, 2.75) is 25.8 Å². The molecule has 7 heteroatoms. The van der Waals surface area contributed by atoms with Crippen LogP contribution in [0, 0.1) is 0 Å². The Balaban J connectivity index is 1.69. The zero-order valence-electron chi connectivity index (χ0n) is 13.3. The van der Waals surface area contributed by atoms with Gasteiger partial charge in [-0.1, -0.05) is 30.3 Å². The molecule has 0 radical (unpaired) electrons. The molecule has 1 N–H and O–H groups in total. The average molecular weight is 337 g/mol. The number of hydrogen-bond donors (Lipinski definition) is 1. The van der Waals surface area contributed by atoms with Crippen molar-refractivity contribution in [1.29, 1.82) is 0 Å². The lowest BCUT2D eigenvalue weighted by Gasteiger charge is -2.12. The van der Waals surface area contributed by atoms with Gasteiger partial charge < -0.3 is 9.52 Å². The summed E-state index contributed by atoms with van der Waals surface area (Å²) >= 11 is 0. The summed E-state index contributed by atoms with van der Waals surface area (Å²) in [6.07, 6.45) is 3.21. The summed E-state index contributed by atoms with van der Waals surface area (Å²) < 4.78 is 7.14. The molecule has 0 unspecified atom stereocenters. The molecule has 25 heavy (non-hydrogen) atoms. The Labute approximate surface area is 142 Å². The number of ketones is 1. The smallest absolute Gasteiger partial charge is 0.356 e. The monoisotopic (exact) mass is 337 g/mol. The van der Waals surface area contributed by atoms with Crippen LogP contribution in [-0.4, -0.2) is 31.6 Å². The lowest BCUT2D eigenvalue weighted by Crippen LogP contribution is -2.16. The van der Waals surface area contributed by atoms with Gasteiger partial charge in [-0.05, 0) is 12.8 Å². The van der Waals surface area contributed by atoms with Gasteiger partial charge in [0.2, 0.25) is 5.89 Å². The maximum absolute atomic E-state index is 12.3. The van der Waals surface area contributed by atoms with E-state index in [2.05, 4.69) is 10.1 Å². The highest BCUT2D eigenvalue weighted by Crippen LogP contribution is 2.26. The molecule has 2 aromatic heterocycles. The molecule has 0 spiro atoms. The summed E-state index contributed by atoms with van der Waals surface area (Å²) in [4.78, 5) is 27.9. The fourth-order valence-corrected chi connectivity index (χ4v) is 3.13. The topological polar surface area (TPSA) is 98.2 Å². The molecular formula is C18H15N3O4. The molecule has 2 heterocycles. The number of hydrogen-bond acceptors (Lipinski definition) is 5. The molecule has 1 aliphatic carbocycles. The number of carboxylic acids is 1. The molecule has 0 aliphatic heterocycles. The van der Waals surface area contributed by atoms with E-state index in [1.54, 1.807) is 6.20 Å². The number of carbonyl (C=O) groups is 2. The van der Waals surface area contributed by atoms with Crippen molar-refractivity contribution >= 4 is 11.8 Å². The largest absolute Gasteiger partial charge is 0.476 e. The highest BCUT2D eigenvalue weighted by molar-refractivity contribution is 6.00. The third-order valence-electron chi connectivity index (χ3n) is 4.24. The zero-order valence-corrected chi connectivity index (χ0v) is 13.3. The summed E-state index contributed by atoms with van der Waals surface area (Å²) in [6.45, 7) is 0.119. The number of nitrogens with zero attached hydrogens (tertiary/aromatic N) is 3. The van der Waals surface area contributed by atoms with Crippen LogP contribution < -0.4 is 0 Å². The summed E-state index contributed by atoms with van der Waals surface area (Å²) in [5, 5.41) is 13.4. The fourth-order valence-electron chi connectivity index (χ4n) is 3.13. The second kappa shape index (κ2) is 6.01. The lowest BCUT2D eigenvalue weighted by molar-refractivity contribution is 0.0688. The standard InChI is InChI=1S/C18H15N3O4/c22-13-8-4-7-12-16(18(23)24)20-21(17(12)13)10-15-19-9-14(25-15)11-5-2-1-3-6-11/h1-3,5-6,9H,4,7-8,10H2,(H,23,24). The maximum Gasteiger partial charge on any atom is 0.356 e. The van der Waals surface area contributed by atoms with Gasteiger partial charge >= 0.3 is 5.97 Å². The van der Waals surface area contributed by atoms with Gasteiger partial charge in [0.05, 0.1) is 6.20 Å². The Morgan fingerprint density at radius 3 is 2.80 bits per heavy atom. The van der Waals surface area contributed by atoms with Crippen LogP contribution in [0.25, 0.3) is 11.3 Å². The number of fused-ring (bicyclic) bond motifs is 1. The third-order valence-corrected chi connectivity index (χ3v) is 4.24. The second-order valence-electron chi connectivity index (χ2n) is 5.90. The van der Waals surface area contributed by atoms with Gasteiger partial charge in [-0.25, -0.2) is 9.78 Å². The molecule has 1 aliphatic rings. The van der Waals surface area contributed by atoms with E-state index in [9.17, 15) is 14.7 Å². The molecule has 0 bridgehead atoms. The van der Waals surface area contributed by atoms with E-state index >= 15 is 0 Å². The third kappa shape index (κ3) is 2.73. The molecule has 1 aromatic carbocycles. The molecule has 7 nitrogen and oxygen atoms in total. The number of oxazole rings is 1. The highest BCUT2D eigenvalue weighted by Gasteiger charge is 2.30. The van der Waals surface area contributed by atoms with E-state index in [1.807, 2.05) is 30.3 Å². The quantitative estimate of drug-likeness (QED) is 0.786. The van der Waals surface area contributed by atoms with E-state index in [4.69, 9.17) is 4.42 Å². The summed E-state index contributed by atoms with van der Waals surface area (Å²) in [5.41, 5.74) is 1.71. The number of benzene rings is 1. The first kappa shape index (κ1) is 15.3. The van der Waals surface area contributed by atoms with Crippen molar-refractivity contribution in [2.75, 3.05) is 0 Å². The first-order valence-corrected chi connectivity index (χ1v) is 8.00. The van der Waals surface area contributed by atoms with Crippen molar-refractivity contribution in [3.63, 3.8) is 0 Å². The maximum atomic E-state index is 12.3. The van der Waals surface area contributed by atoms with E-state index in [0.717, 1.165) is 5.56 Å². The van der Waals surface area contributed by atoms with Crippen LogP contribution in [0.4, 0.5) is 0 Å². The van der Waals surface area contributed by atoms with E-state index in [-0.39, 0.29) is 18.0 Å². The SMILES string of the molecule is O=C(O)c1nn(Cc2ncc(-c3ccccc3)o2)c2c1CCCC2=O. The Morgan fingerprint density at radius 2 is 2.04 bits per heavy atom. The Morgan fingerprint density at radius 1 is 1.24 bits per heavy atom. The fraction of sp³-hybridized carbons (Fsp3) is 0.222. The summed E-state index contributed by atoms with van der Waals surface area (Å²) in [6, 6.07) is 9.53. The van der Waals surface area contributed by atoms with Gasteiger partial charge in [-0.15, -0.1) is 0 Å². The highest BCUT2D eigenvalue weighted by atomic mass is 16.4. The van der Waals surface area contributed by atoms with Crippen LogP contribution in [0.2, 0.25) is 0 Å². The molecule has 0 amide bonds. The van der Waals surface area contributed by atoms with Crippen LogP contribution in [-0.2, 0) is 13.0 Å². The van der Waals surface area contributed by atoms with Crippen LogP contribution in [0.1, 0.15) is 45.3 Å². The number of aromatic nitrogens is 3. The van der Waals surface area contributed by atoms with Crippen LogP contribution in [0.5, 0.6) is 0 Å². The van der Waals surface area contributed by atoms with Crippen molar-refractivity contribution in [3.8, 4) is 11.3 Å². The first-order valence-electron chi connectivity index (χ1n) is 8.00. The average Bonchev–Trinajstić information content (AvgIpc) is 3.22. The zero-order chi connectivity index (χ0) is 17.4. The predicted molar refractivity (Wildman–Crippen MR) is 87.5 cm³/mol. The van der Waals surface area contributed by atoms with Gasteiger partial charge in [0, 0.05) is 17.5 Å². The van der Waals surface area contributed by atoms with Crippen molar-refractivity contribution < 1.29 is 19.1 Å². The van der Waals surface area contributed by atoms with Crippen molar-refractivity contribution in [1.82, 2.24) is 14.8 Å². The number of Topliss-reactive ketones (excluding diaryl/α,β-unsaturated/α-hetero) is 1. The Hall–Kier alpha value is -3.22. The predicted octanol–water partition coefficient (Wildman–Crippen LogP) is 2.80. The molecule has 3 aromatic rings. The second-order valence-corrected chi connectivity index (χ2v) is 5.90. The Bertz CT molecular complexity index is 956. The number of carboxylic acid groups (broad SMARTS) is 1. The molecule has 0 saturated carbocycles. The Kier molecular flexibility index (Phi) is 3.68. The molecule has 0 atom stereocenters. The van der Waals surface area contributed by atoms with Gasteiger partial charge in [0.15, 0.2) is 17.2 Å². The number of rotatable bonds is 4. The van der Waals surface area contributed by atoms with Crippen LogP contribution in [0.15, 0.2) is 40.9 Å². The van der Waals surface area contributed by atoms with Crippen LogP contribution in [0.3, 0.4) is 0 Å². The minimum atomic E-state index is -1.12. The van der Waals surface area contributed by atoms with E-state index < -0.39 is 5.97 Å². The van der Waals surface area contributed by atoms with Gasteiger partial charge in [-0.2, -0.15) is 5.10 Å². The first-order chi connectivity index (χ1) is 12.1. The minimum Gasteiger partial charge on any atom is -0.476 e. The summed E-state index contributed by atoms with van der Waals surface area (Å²) in [7, 11) is 0. The molecule has 4 rings (SSSR count). The van der Waals surface area contributed by atoms with Crippen molar-refractivity contribution in [3.05, 3.63) is 59.4 Å². The van der Waals surface area contributed by atoms with Gasteiger partial charge in [-0.3, -0.25) is 9.48 Å². The van der Waals surface area contributed by atoms with Gasteiger partial charge in [0.1, 0.15) is 12.2 Å². The van der Waals surface area contributed by atoms with E-state index in [0.29, 0.717) is 42.2 Å². The molecule has 0 fully saturated rings. The lowest BCUT2D eigenvalue weighted by atomic mass is 9.94. The van der Waals surface area contributed by atoms with Gasteiger partial charge in [0.25, 0.3) is 0 Å². The normalized spacial score (nSPS) is 13.7. The van der Waals surface area contributed by atoms with Crippen LogP contribution >= 0.6 is 0 Å². The minimum absolute atomic E-state index is 0.0575. The molecular weight excluding hydrogens is 322 g/mol. The number of aromatic carboxylic acids is 1.